The van der Waals surface area contributed by atoms with E-state index in [0.29, 0.717) is 28.5 Å². The summed E-state index contributed by atoms with van der Waals surface area (Å²) in [5, 5.41) is 10.7. The number of aromatic hydroxyl groups is 1. The molecule has 5 nitrogen and oxygen atoms in total. The zero-order chi connectivity index (χ0) is 24.2. The molecule has 4 aromatic rings. The maximum absolute atomic E-state index is 13.3. The Morgan fingerprint density at radius 3 is 2.57 bits per heavy atom. The number of hydrogen-bond donors (Lipinski definition) is 1. The first kappa shape index (κ1) is 23.4. The highest BCUT2D eigenvalue weighted by Crippen LogP contribution is 2.42. The molecule has 0 saturated carbocycles. The summed E-state index contributed by atoms with van der Waals surface area (Å²) in [6.45, 7) is 6.18. The zero-order valence-corrected chi connectivity index (χ0v) is 20.6. The van der Waals surface area contributed by atoms with Crippen LogP contribution in [0.5, 0.6) is 23.0 Å². The fraction of sp³-hybridized carbons (Fsp3) is 0.276. The number of benzene rings is 3. The number of ether oxygens (including phenoxy) is 2. The minimum Gasteiger partial charge on any atom is -0.508 e. The van der Waals surface area contributed by atoms with Crippen LogP contribution in [0, 0.1) is 5.92 Å². The summed E-state index contributed by atoms with van der Waals surface area (Å²) in [5.74, 6) is 2.80. The molecule has 2 heterocycles. The molecule has 1 atom stereocenters. The standard InChI is InChI=1S/C29H29NO4S/c1-2-20-14-15-30(19-20)16-17-33-23-9-11-24(12-10-23)34-28-25-13-8-22(31)18-26(25)35-29(28)27(32)21-6-4-3-5-7-21/h3-13,18,20,31H,2,14-17,19H2,1H3/t20-/m1/s1. The molecule has 0 bridgehead atoms. The van der Waals surface area contributed by atoms with Gasteiger partial charge in [-0.2, -0.15) is 0 Å². The lowest BCUT2D eigenvalue weighted by atomic mass is 10.1. The maximum atomic E-state index is 13.3. The lowest BCUT2D eigenvalue weighted by Gasteiger charge is -2.16. The minimum absolute atomic E-state index is 0.103. The highest BCUT2D eigenvalue weighted by molar-refractivity contribution is 7.21. The van der Waals surface area contributed by atoms with Gasteiger partial charge in [0, 0.05) is 28.7 Å². The zero-order valence-electron chi connectivity index (χ0n) is 19.8. The van der Waals surface area contributed by atoms with Gasteiger partial charge >= 0.3 is 0 Å². The van der Waals surface area contributed by atoms with E-state index >= 15 is 0 Å². The summed E-state index contributed by atoms with van der Waals surface area (Å²) < 4.78 is 13.0. The average molecular weight is 488 g/mol. The van der Waals surface area contributed by atoms with E-state index < -0.39 is 0 Å². The van der Waals surface area contributed by atoms with Gasteiger partial charge in [-0.05, 0) is 61.3 Å². The van der Waals surface area contributed by atoms with Gasteiger partial charge in [0.05, 0.1) is 0 Å². The number of thiophene rings is 1. The maximum Gasteiger partial charge on any atom is 0.206 e. The number of rotatable bonds is 9. The highest BCUT2D eigenvalue weighted by Gasteiger charge is 2.23. The lowest BCUT2D eigenvalue weighted by Crippen LogP contribution is -2.26. The van der Waals surface area contributed by atoms with E-state index in [0.717, 1.165) is 34.8 Å². The van der Waals surface area contributed by atoms with E-state index in [1.165, 1.54) is 30.7 Å². The van der Waals surface area contributed by atoms with Crippen molar-refractivity contribution in [1.29, 1.82) is 0 Å². The number of phenols is 1. The number of likely N-dealkylation sites (tertiary alicyclic amines) is 1. The Kier molecular flexibility index (Phi) is 7.02. The van der Waals surface area contributed by atoms with Crippen molar-refractivity contribution in [3.05, 3.63) is 83.2 Å². The molecular weight excluding hydrogens is 458 g/mol. The molecule has 5 rings (SSSR count). The molecule has 6 heteroatoms. The average Bonchev–Trinajstić information content (AvgIpc) is 3.49. The quantitative estimate of drug-likeness (QED) is 0.265. The Labute approximate surface area is 209 Å². The van der Waals surface area contributed by atoms with E-state index in [-0.39, 0.29) is 11.5 Å². The Bertz CT molecular complexity index is 1300. The van der Waals surface area contributed by atoms with Crippen molar-refractivity contribution < 1.29 is 19.4 Å². The van der Waals surface area contributed by atoms with Gasteiger partial charge in [0.15, 0.2) is 5.75 Å². The first-order valence-electron chi connectivity index (χ1n) is 12.1. The number of fused-ring (bicyclic) bond motifs is 1. The molecular formula is C29H29NO4S. The third-order valence-corrected chi connectivity index (χ3v) is 7.67. The second-order valence-corrected chi connectivity index (χ2v) is 9.97. The molecule has 35 heavy (non-hydrogen) atoms. The first-order chi connectivity index (χ1) is 17.1. The van der Waals surface area contributed by atoms with Crippen molar-refractivity contribution in [3.8, 4) is 23.0 Å². The molecule has 0 amide bonds. The van der Waals surface area contributed by atoms with Crippen molar-refractivity contribution in [2.24, 2.45) is 5.92 Å². The largest absolute Gasteiger partial charge is 0.508 e. The van der Waals surface area contributed by atoms with Crippen LogP contribution in [0.1, 0.15) is 35.0 Å². The van der Waals surface area contributed by atoms with Crippen LogP contribution < -0.4 is 9.47 Å². The molecule has 1 aliphatic rings. The van der Waals surface area contributed by atoms with Crippen molar-refractivity contribution in [1.82, 2.24) is 4.90 Å². The van der Waals surface area contributed by atoms with Gasteiger partial charge in [0.2, 0.25) is 5.78 Å². The van der Waals surface area contributed by atoms with Gasteiger partial charge < -0.3 is 14.6 Å². The van der Waals surface area contributed by atoms with Crippen molar-refractivity contribution in [2.75, 3.05) is 26.2 Å². The third-order valence-electron chi connectivity index (χ3n) is 6.54. The number of hydrogen-bond acceptors (Lipinski definition) is 6. The van der Waals surface area contributed by atoms with Crippen LogP contribution in [0.2, 0.25) is 0 Å². The lowest BCUT2D eigenvalue weighted by molar-refractivity contribution is 0.104. The van der Waals surface area contributed by atoms with E-state index in [2.05, 4.69) is 11.8 Å². The van der Waals surface area contributed by atoms with E-state index in [4.69, 9.17) is 9.47 Å². The number of phenolic OH excluding ortho intramolecular Hbond substituents is 1. The van der Waals surface area contributed by atoms with Crippen LogP contribution in [0.3, 0.4) is 0 Å². The van der Waals surface area contributed by atoms with Gasteiger partial charge in [-0.15, -0.1) is 11.3 Å². The number of carbonyl (C=O) groups is 1. The van der Waals surface area contributed by atoms with Gasteiger partial charge in [-0.1, -0.05) is 43.7 Å². The SMILES string of the molecule is CC[C@@H]1CCN(CCOc2ccc(Oc3c(C(=O)c4ccccc4)sc4cc(O)ccc34)cc2)C1. The van der Waals surface area contributed by atoms with E-state index in [1.54, 1.807) is 30.3 Å². The molecule has 1 aromatic heterocycles. The second kappa shape index (κ2) is 10.5. The van der Waals surface area contributed by atoms with Gasteiger partial charge in [0.1, 0.15) is 28.7 Å². The third kappa shape index (κ3) is 5.34. The summed E-state index contributed by atoms with van der Waals surface area (Å²) >= 11 is 1.32. The first-order valence-corrected chi connectivity index (χ1v) is 12.9. The topological polar surface area (TPSA) is 59.0 Å². The molecule has 1 N–H and O–H groups in total. The Hall–Kier alpha value is -3.35. The number of carbonyl (C=O) groups excluding carboxylic acids is 1. The smallest absolute Gasteiger partial charge is 0.206 e. The molecule has 180 valence electrons. The predicted octanol–water partition coefficient (Wildman–Crippen LogP) is 6.74. The monoisotopic (exact) mass is 487 g/mol. The van der Waals surface area contributed by atoms with Crippen LogP contribution in [0.15, 0.2) is 72.8 Å². The van der Waals surface area contributed by atoms with E-state index in [1.807, 2.05) is 42.5 Å². The summed E-state index contributed by atoms with van der Waals surface area (Å²) in [6.07, 6.45) is 2.53. The Morgan fingerprint density at radius 2 is 1.83 bits per heavy atom. The van der Waals surface area contributed by atoms with Gasteiger partial charge in [-0.25, -0.2) is 0 Å². The molecule has 1 fully saturated rings. The second-order valence-electron chi connectivity index (χ2n) is 8.92. The van der Waals surface area contributed by atoms with Crippen LogP contribution in [-0.2, 0) is 0 Å². The molecule has 0 radical (unpaired) electrons. The fourth-order valence-electron chi connectivity index (χ4n) is 4.50. The highest BCUT2D eigenvalue weighted by atomic mass is 32.1. The van der Waals surface area contributed by atoms with Crippen molar-refractivity contribution in [3.63, 3.8) is 0 Å². The predicted molar refractivity (Wildman–Crippen MR) is 140 cm³/mol. The van der Waals surface area contributed by atoms with Crippen LogP contribution in [0.25, 0.3) is 10.1 Å². The number of nitrogens with zero attached hydrogens (tertiary/aromatic N) is 1. The van der Waals surface area contributed by atoms with Crippen LogP contribution in [0.4, 0.5) is 0 Å². The minimum atomic E-state index is -0.103. The Morgan fingerprint density at radius 1 is 1.06 bits per heavy atom. The molecule has 1 saturated heterocycles. The van der Waals surface area contributed by atoms with Crippen LogP contribution in [-0.4, -0.2) is 42.0 Å². The van der Waals surface area contributed by atoms with Gasteiger partial charge in [-0.3, -0.25) is 9.69 Å². The molecule has 3 aromatic carbocycles. The van der Waals surface area contributed by atoms with Crippen LogP contribution >= 0.6 is 11.3 Å². The van der Waals surface area contributed by atoms with Crippen molar-refractivity contribution in [2.45, 2.75) is 19.8 Å². The van der Waals surface area contributed by atoms with E-state index in [9.17, 15) is 9.90 Å². The fourth-order valence-corrected chi connectivity index (χ4v) is 5.62. The molecule has 1 aliphatic heterocycles. The summed E-state index contributed by atoms with van der Waals surface area (Å²) in [4.78, 5) is 16.3. The molecule has 0 spiro atoms. The summed E-state index contributed by atoms with van der Waals surface area (Å²) in [6, 6.07) is 21.7. The number of ketones is 1. The van der Waals surface area contributed by atoms with Gasteiger partial charge in [0.25, 0.3) is 0 Å². The van der Waals surface area contributed by atoms with Crippen molar-refractivity contribution >= 4 is 27.2 Å². The summed E-state index contributed by atoms with van der Waals surface area (Å²) in [5.41, 5.74) is 0.597. The molecule has 0 unspecified atom stereocenters. The molecule has 0 aliphatic carbocycles. The normalized spacial score (nSPS) is 16.0. The Balaban J connectivity index is 1.31. The summed E-state index contributed by atoms with van der Waals surface area (Å²) in [7, 11) is 0.